The number of aliphatic hydroxyl groups is 1. The molecule has 1 amide bonds. The van der Waals surface area contributed by atoms with Crippen LogP contribution in [-0.4, -0.2) is 38.9 Å². The van der Waals surface area contributed by atoms with Crippen LogP contribution in [0.5, 0.6) is 17.2 Å². The normalized spacial score (nSPS) is 16.0. The first-order chi connectivity index (χ1) is 12.5. The average molecular weight is 357 g/mol. The van der Waals surface area contributed by atoms with Gasteiger partial charge in [0.15, 0.2) is 11.5 Å². The minimum atomic E-state index is -0.561. The van der Waals surface area contributed by atoms with Crippen molar-refractivity contribution >= 4 is 11.6 Å². The fourth-order valence-electron chi connectivity index (χ4n) is 3.29. The van der Waals surface area contributed by atoms with Crippen molar-refractivity contribution in [3.8, 4) is 17.2 Å². The maximum Gasteiger partial charge on any atom is 0.258 e. The molecule has 3 rings (SSSR count). The molecule has 1 heterocycles. The van der Waals surface area contributed by atoms with Crippen LogP contribution in [0.2, 0.25) is 0 Å². The third-order valence-electron chi connectivity index (χ3n) is 4.62. The minimum absolute atomic E-state index is 0.179. The van der Waals surface area contributed by atoms with Crippen LogP contribution in [0.25, 0.3) is 0 Å². The Bertz CT molecular complexity index is 808. The summed E-state index contributed by atoms with van der Waals surface area (Å²) in [6, 6.07) is 9.02. The van der Waals surface area contributed by atoms with E-state index in [1.807, 2.05) is 25.1 Å². The number of amides is 1. The van der Waals surface area contributed by atoms with E-state index in [0.29, 0.717) is 35.8 Å². The molecule has 138 valence electrons. The topological polar surface area (TPSA) is 68.2 Å². The van der Waals surface area contributed by atoms with Crippen LogP contribution in [0.1, 0.15) is 34.0 Å². The first kappa shape index (κ1) is 18.1. The number of carbonyl (C=O) groups is 1. The molecule has 0 aromatic heterocycles. The van der Waals surface area contributed by atoms with Gasteiger partial charge in [-0.3, -0.25) is 4.79 Å². The summed E-state index contributed by atoms with van der Waals surface area (Å²) in [7, 11) is 4.55. The molecule has 0 bridgehead atoms. The molecular formula is C20H23NO5. The number of hydrogen-bond donors (Lipinski definition) is 1. The molecule has 6 nitrogen and oxygen atoms in total. The van der Waals surface area contributed by atoms with E-state index < -0.39 is 6.10 Å². The second-order valence-corrected chi connectivity index (χ2v) is 6.24. The minimum Gasteiger partial charge on any atom is -0.493 e. The fraction of sp³-hybridized carbons (Fsp3) is 0.350. The fourth-order valence-corrected chi connectivity index (χ4v) is 3.29. The molecule has 1 atom stereocenters. The van der Waals surface area contributed by atoms with Gasteiger partial charge in [-0.2, -0.15) is 0 Å². The van der Waals surface area contributed by atoms with Crippen LogP contribution >= 0.6 is 0 Å². The molecule has 2 aromatic rings. The molecule has 0 saturated carbocycles. The first-order valence-electron chi connectivity index (χ1n) is 8.40. The number of nitrogens with zero attached hydrogens (tertiary/aromatic N) is 1. The molecule has 26 heavy (non-hydrogen) atoms. The van der Waals surface area contributed by atoms with E-state index in [2.05, 4.69) is 0 Å². The van der Waals surface area contributed by atoms with Gasteiger partial charge in [-0.05, 0) is 31.5 Å². The highest BCUT2D eigenvalue weighted by molar-refractivity contribution is 6.07. The SMILES string of the molecule is COc1cc(C(=O)N2CCC(O)c3cc(C)ccc32)cc(OC)c1OC. The highest BCUT2D eigenvalue weighted by Crippen LogP contribution is 2.40. The van der Waals surface area contributed by atoms with E-state index in [1.165, 1.54) is 21.3 Å². The summed E-state index contributed by atoms with van der Waals surface area (Å²) in [5.74, 6) is 1.12. The lowest BCUT2D eigenvalue weighted by Crippen LogP contribution is -2.36. The van der Waals surface area contributed by atoms with Gasteiger partial charge in [-0.25, -0.2) is 0 Å². The number of carbonyl (C=O) groups excluding carboxylic acids is 1. The van der Waals surface area contributed by atoms with Gasteiger partial charge in [-0.1, -0.05) is 17.7 Å². The third kappa shape index (κ3) is 3.08. The summed E-state index contributed by atoms with van der Waals surface area (Å²) in [5.41, 5.74) is 2.98. The van der Waals surface area contributed by atoms with Gasteiger partial charge in [0, 0.05) is 23.4 Å². The molecule has 1 aliphatic rings. The van der Waals surface area contributed by atoms with E-state index in [-0.39, 0.29) is 5.91 Å². The number of ether oxygens (including phenoxy) is 3. The number of anilines is 1. The maximum atomic E-state index is 13.2. The van der Waals surface area contributed by atoms with Crippen molar-refractivity contribution < 1.29 is 24.1 Å². The van der Waals surface area contributed by atoms with Crippen LogP contribution in [0.3, 0.4) is 0 Å². The Balaban J connectivity index is 2.04. The zero-order chi connectivity index (χ0) is 18.8. The summed E-state index contributed by atoms with van der Waals surface area (Å²) < 4.78 is 16.0. The number of aliphatic hydroxyl groups excluding tert-OH is 1. The Morgan fingerprint density at radius 3 is 2.31 bits per heavy atom. The van der Waals surface area contributed by atoms with Crippen molar-refractivity contribution in [2.24, 2.45) is 0 Å². The van der Waals surface area contributed by atoms with Crippen LogP contribution < -0.4 is 19.1 Å². The maximum absolute atomic E-state index is 13.2. The van der Waals surface area contributed by atoms with Gasteiger partial charge < -0.3 is 24.2 Å². The zero-order valence-corrected chi connectivity index (χ0v) is 15.4. The lowest BCUT2D eigenvalue weighted by atomic mass is 9.96. The predicted octanol–water partition coefficient (Wildman–Crippen LogP) is 3.10. The largest absolute Gasteiger partial charge is 0.493 e. The molecule has 2 aromatic carbocycles. The van der Waals surface area contributed by atoms with Gasteiger partial charge >= 0.3 is 0 Å². The van der Waals surface area contributed by atoms with E-state index in [4.69, 9.17) is 14.2 Å². The third-order valence-corrected chi connectivity index (χ3v) is 4.62. The molecule has 0 radical (unpaired) electrons. The highest BCUT2D eigenvalue weighted by atomic mass is 16.5. The van der Waals surface area contributed by atoms with Crippen molar-refractivity contribution in [1.29, 1.82) is 0 Å². The van der Waals surface area contributed by atoms with Crippen LogP contribution in [-0.2, 0) is 0 Å². The monoisotopic (exact) mass is 357 g/mol. The average Bonchev–Trinajstić information content (AvgIpc) is 2.66. The van der Waals surface area contributed by atoms with Crippen molar-refractivity contribution in [3.63, 3.8) is 0 Å². The Kier molecular flexibility index (Phi) is 5.04. The van der Waals surface area contributed by atoms with E-state index in [9.17, 15) is 9.90 Å². The Morgan fingerprint density at radius 2 is 1.73 bits per heavy atom. The number of aryl methyl sites for hydroxylation is 1. The van der Waals surface area contributed by atoms with Gasteiger partial charge in [-0.15, -0.1) is 0 Å². The predicted molar refractivity (Wildman–Crippen MR) is 98.5 cm³/mol. The summed E-state index contributed by atoms with van der Waals surface area (Å²) >= 11 is 0. The van der Waals surface area contributed by atoms with Crippen molar-refractivity contribution in [2.75, 3.05) is 32.8 Å². The zero-order valence-electron chi connectivity index (χ0n) is 15.4. The second-order valence-electron chi connectivity index (χ2n) is 6.24. The summed E-state index contributed by atoms with van der Waals surface area (Å²) in [5, 5.41) is 10.3. The summed E-state index contributed by atoms with van der Waals surface area (Å²) in [4.78, 5) is 14.9. The first-order valence-corrected chi connectivity index (χ1v) is 8.40. The van der Waals surface area contributed by atoms with Gasteiger partial charge in [0.05, 0.1) is 27.4 Å². The van der Waals surface area contributed by atoms with Gasteiger partial charge in [0.1, 0.15) is 0 Å². The van der Waals surface area contributed by atoms with Crippen molar-refractivity contribution in [1.82, 2.24) is 0 Å². The molecule has 1 N–H and O–H groups in total. The smallest absolute Gasteiger partial charge is 0.258 e. The standard InChI is InChI=1S/C20H23NO5/c1-12-5-6-15-14(9-12)16(22)7-8-21(15)20(23)13-10-17(24-2)19(26-4)18(11-13)25-3/h5-6,9-11,16,22H,7-8H2,1-4H3. The van der Waals surface area contributed by atoms with Gasteiger partial charge in [0.25, 0.3) is 5.91 Å². The Hall–Kier alpha value is -2.73. The summed E-state index contributed by atoms with van der Waals surface area (Å²) in [6.07, 6.45) is -0.0685. The number of fused-ring (bicyclic) bond motifs is 1. The number of rotatable bonds is 4. The lowest BCUT2D eigenvalue weighted by Gasteiger charge is -2.32. The second kappa shape index (κ2) is 7.25. The Labute approximate surface area is 152 Å². The molecule has 0 fully saturated rings. The van der Waals surface area contributed by atoms with Crippen LogP contribution in [0.15, 0.2) is 30.3 Å². The van der Waals surface area contributed by atoms with Crippen LogP contribution in [0.4, 0.5) is 5.69 Å². The molecule has 0 saturated heterocycles. The number of benzene rings is 2. The lowest BCUT2D eigenvalue weighted by molar-refractivity contribution is 0.0969. The Morgan fingerprint density at radius 1 is 1.08 bits per heavy atom. The molecular weight excluding hydrogens is 334 g/mol. The van der Waals surface area contributed by atoms with E-state index in [1.54, 1.807) is 17.0 Å². The quantitative estimate of drug-likeness (QED) is 0.911. The molecule has 0 aliphatic carbocycles. The van der Waals surface area contributed by atoms with E-state index in [0.717, 1.165) is 16.8 Å². The molecule has 0 spiro atoms. The highest BCUT2D eigenvalue weighted by Gasteiger charge is 2.29. The number of hydrogen-bond acceptors (Lipinski definition) is 5. The molecule has 1 aliphatic heterocycles. The van der Waals surface area contributed by atoms with Crippen LogP contribution in [0, 0.1) is 6.92 Å². The number of methoxy groups -OCH3 is 3. The van der Waals surface area contributed by atoms with Gasteiger partial charge in [0.2, 0.25) is 5.75 Å². The molecule has 6 heteroatoms. The molecule has 1 unspecified atom stereocenters. The van der Waals surface area contributed by atoms with Crippen molar-refractivity contribution in [3.05, 3.63) is 47.0 Å². The van der Waals surface area contributed by atoms with Crippen molar-refractivity contribution in [2.45, 2.75) is 19.4 Å². The van der Waals surface area contributed by atoms with E-state index >= 15 is 0 Å². The summed E-state index contributed by atoms with van der Waals surface area (Å²) in [6.45, 7) is 2.40.